The highest BCUT2D eigenvalue weighted by Gasteiger charge is 2.10. The summed E-state index contributed by atoms with van der Waals surface area (Å²) in [5.41, 5.74) is 3.13. The van der Waals surface area contributed by atoms with Gasteiger partial charge in [0.2, 0.25) is 5.91 Å². The van der Waals surface area contributed by atoms with E-state index in [9.17, 15) is 4.79 Å². The summed E-state index contributed by atoms with van der Waals surface area (Å²) in [4.78, 5) is 14.8. The maximum atomic E-state index is 12.7. The van der Waals surface area contributed by atoms with Gasteiger partial charge in [0.15, 0.2) is 0 Å². The van der Waals surface area contributed by atoms with Crippen molar-refractivity contribution in [2.24, 2.45) is 0 Å². The Labute approximate surface area is 163 Å². The van der Waals surface area contributed by atoms with Gasteiger partial charge in [-0.3, -0.25) is 4.79 Å². The average molecular weight is 372 g/mol. The first kappa shape index (κ1) is 17.4. The number of rotatable bonds is 5. The summed E-state index contributed by atoms with van der Waals surface area (Å²) in [6.45, 7) is 2.36. The monoisotopic (exact) mass is 372 g/mol. The Morgan fingerprint density at radius 3 is 2.59 bits per heavy atom. The molecule has 0 aliphatic rings. The molecule has 0 saturated carbocycles. The summed E-state index contributed by atoms with van der Waals surface area (Å²) < 4.78 is 1.98. The molecule has 1 amide bonds. The first-order valence-electron chi connectivity index (χ1n) is 8.86. The smallest absolute Gasteiger partial charge is 0.244 e. The molecule has 0 saturated heterocycles. The van der Waals surface area contributed by atoms with Crippen LogP contribution in [0.25, 0.3) is 10.9 Å². The van der Waals surface area contributed by atoms with Gasteiger partial charge in [-0.1, -0.05) is 53.7 Å². The van der Waals surface area contributed by atoms with Crippen LogP contribution in [0.3, 0.4) is 0 Å². The molecule has 0 aliphatic carbocycles. The molecule has 4 rings (SSSR count). The van der Waals surface area contributed by atoms with Crippen molar-refractivity contribution in [2.45, 2.75) is 23.3 Å². The SMILES string of the molecule is Cc1ccc2c(ccn2CC(=O)Nc2ccccc2Sc2ccccc2)c1. The number of carbonyl (C=O) groups is 1. The Morgan fingerprint density at radius 2 is 1.74 bits per heavy atom. The fraction of sp³-hybridized carbons (Fsp3) is 0.0870. The second kappa shape index (κ2) is 7.72. The predicted octanol–water partition coefficient (Wildman–Crippen LogP) is 5.74. The highest BCUT2D eigenvalue weighted by Crippen LogP contribution is 2.33. The number of fused-ring (bicyclic) bond motifs is 1. The minimum absolute atomic E-state index is 0.0332. The number of nitrogens with zero attached hydrogens (tertiary/aromatic N) is 1. The number of carbonyl (C=O) groups excluding carboxylic acids is 1. The molecule has 0 bridgehead atoms. The molecule has 0 aliphatic heterocycles. The molecule has 0 fully saturated rings. The Hall–Kier alpha value is -2.98. The van der Waals surface area contributed by atoms with E-state index in [-0.39, 0.29) is 12.5 Å². The van der Waals surface area contributed by atoms with Gasteiger partial charge in [0, 0.05) is 21.5 Å². The van der Waals surface area contributed by atoms with Crippen LogP contribution >= 0.6 is 11.8 Å². The van der Waals surface area contributed by atoms with Crippen LogP contribution < -0.4 is 5.32 Å². The van der Waals surface area contributed by atoms with Crippen LogP contribution in [-0.2, 0) is 11.3 Å². The maximum absolute atomic E-state index is 12.7. The van der Waals surface area contributed by atoms with E-state index in [0.717, 1.165) is 26.4 Å². The van der Waals surface area contributed by atoms with Crippen LogP contribution in [0.15, 0.2) is 94.9 Å². The minimum atomic E-state index is -0.0332. The molecule has 1 aromatic heterocycles. The van der Waals surface area contributed by atoms with Gasteiger partial charge in [0.25, 0.3) is 0 Å². The molecule has 27 heavy (non-hydrogen) atoms. The van der Waals surface area contributed by atoms with E-state index in [1.54, 1.807) is 11.8 Å². The molecule has 1 heterocycles. The lowest BCUT2D eigenvalue weighted by Crippen LogP contribution is -2.18. The molecule has 134 valence electrons. The molecule has 4 heteroatoms. The number of amides is 1. The van der Waals surface area contributed by atoms with E-state index < -0.39 is 0 Å². The highest BCUT2D eigenvalue weighted by molar-refractivity contribution is 7.99. The van der Waals surface area contributed by atoms with E-state index in [1.165, 1.54) is 5.56 Å². The van der Waals surface area contributed by atoms with E-state index in [4.69, 9.17) is 0 Å². The molecule has 3 aromatic carbocycles. The largest absolute Gasteiger partial charge is 0.338 e. The summed E-state index contributed by atoms with van der Waals surface area (Å²) >= 11 is 1.65. The Morgan fingerprint density at radius 1 is 0.963 bits per heavy atom. The topological polar surface area (TPSA) is 34.0 Å². The van der Waals surface area contributed by atoms with Crippen molar-refractivity contribution in [3.05, 3.63) is 90.6 Å². The zero-order valence-electron chi connectivity index (χ0n) is 15.1. The number of nitrogens with one attached hydrogen (secondary N) is 1. The predicted molar refractivity (Wildman–Crippen MR) is 112 cm³/mol. The van der Waals surface area contributed by atoms with Crippen molar-refractivity contribution >= 4 is 34.3 Å². The average Bonchev–Trinajstić information content (AvgIpc) is 3.06. The fourth-order valence-electron chi connectivity index (χ4n) is 3.08. The van der Waals surface area contributed by atoms with Crippen molar-refractivity contribution in [2.75, 3.05) is 5.32 Å². The lowest BCUT2D eigenvalue weighted by Gasteiger charge is -2.12. The normalized spacial score (nSPS) is 10.9. The summed E-state index contributed by atoms with van der Waals surface area (Å²) in [7, 11) is 0. The number of para-hydroxylation sites is 1. The van der Waals surface area contributed by atoms with Gasteiger partial charge in [0.1, 0.15) is 6.54 Å². The lowest BCUT2D eigenvalue weighted by molar-refractivity contribution is -0.116. The molecule has 3 nitrogen and oxygen atoms in total. The molecular weight excluding hydrogens is 352 g/mol. The Balaban J connectivity index is 1.51. The second-order valence-electron chi connectivity index (χ2n) is 6.47. The Kier molecular flexibility index (Phi) is 4.99. The van der Waals surface area contributed by atoms with E-state index in [0.29, 0.717) is 0 Å². The first-order chi connectivity index (χ1) is 13.2. The third kappa shape index (κ3) is 4.07. The second-order valence-corrected chi connectivity index (χ2v) is 7.58. The van der Waals surface area contributed by atoms with Crippen molar-refractivity contribution in [1.82, 2.24) is 4.57 Å². The van der Waals surface area contributed by atoms with Crippen LogP contribution in [0.1, 0.15) is 5.56 Å². The lowest BCUT2D eigenvalue weighted by atomic mass is 10.2. The molecule has 0 spiro atoms. The van der Waals surface area contributed by atoms with Gasteiger partial charge in [-0.25, -0.2) is 0 Å². The van der Waals surface area contributed by atoms with E-state index in [1.807, 2.05) is 53.2 Å². The van der Waals surface area contributed by atoms with Crippen molar-refractivity contribution < 1.29 is 4.79 Å². The Bertz CT molecular complexity index is 1090. The number of hydrogen-bond donors (Lipinski definition) is 1. The minimum Gasteiger partial charge on any atom is -0.338 e. The maximum Gasteiger partial charge on any atom is 0.244 e. The summed E-state index contributed by atoms with van der Waals surface area (Å²) in [6, 6.07) is 26.4. The van der Waals surface area contributed by atoms with Crippen molar-refractivity contribution in [3.63, 3.8) is 0 Å². The van der Waals surface area contributed by atoms with Crippen LogP contribution in [0.5, 0.6) is 0 Å². The van der Waals surface area contributed by atoms with Crippen molar-refractivity contribution in [1.29, 1.82) is 0 Å². The van der Waals surface area contributed by atoms with Gasteiger partial charge in [0.05, 0.1) is 5.69 Å². The number of aryl methyl sites for hydroxylation is 1. The third-order valence-corrected chi connectivity index (χ3v) is 5.46. The molecule has 0 unspecified atom stereocenters. The van der Waals surface area contributed by atoms with Crippen LogP contribution in [0.4, 0.5) is 5.69 Å². The molecule has 0 atom stereocenters. The van der Waals surface area contributed by atoms with E-state index >= 15 is 0 Å². The van der Waals surface area contributed by atoms with Gasteiger partial charge in [-0.05, 0) is 54.8 Å². The summed E-state index contributed by atoms with van der Waals surface area (Å²) in [5, 5.41) is 4.22. The van der Waals surface area contributed by atoms with Gasteiger partial charge < -0.3 is 9.88 Å². The molecule has 0 radical (unpaired) electrons. The van der Waals surface area contributed by atoms with Crippen LogP contribution in [-0.4, -0.2) is 10.5 Å². The van der Waals surface area contributed by atoms with Crippen LogP contribution in [0.2, 0.25) is 0 Å². The molecule has 4 aromatic rings. The zero-order valence-corrected chi connectivity index (χ0v) is 15.9. The van der Waals surface area contributed by atoms with E-state index in [2.05, 4.69) is 48.6 Å². The van der Waals surface area contributed by atoms with Gasteiger partial charge in [-0.2, -0.15) is 0 Å². The number of aromatic nitrogens is 1. The van der Waals surface area contributed by atoms with Crippen LogP contribution in [0, 0.1) is 6.92 Å². The number of benzene rings is 3. The first-order valence-corrected chi connectivity index (χ1v) is 9.68. The summed E-state index contributed by atoms with van der Waals surface area (Å²) in [5.74, 6) is -0.0332. The quantitative estimate of drug-likeness (QED) is 0.485. The molecular formula is C23H20N2OS. The number of hydrogen-bond acceptors (Lipinski definition) is 2. The van der Waals surface area contributed by atoms with Crippen molar-refractivity contribution in [3.8, 4) is 0 Å². The fourth-order valence-corrected chi connectivity index (χ4v) is 4.00. The number of anilines is 1. The zero-order chi connectivity index (χ0) is 18.6. The third-order valence-electron chi connectivity index (χ3n) is 4.37. The van der Waals surface area contributed by atoms with Gasteiger partial charge in [-0.15, -0.1) is 0 Å². The molecule has 1 N–H and O–H groups in total. The highest BCUT2D eigenvalue weighted by atomic mass is 32.2. The standard InChI is InChI=1S/C23H20N2OS/c1-17-11-12-21-18(15-17)13-14-25(21)16-23(26)24-20-9-5-6-10-22(20)27-19-7-3-2-4-8-19/h2-15H,16H2,1H3,(H,24,26). The van der Waals surface area contributed by atoms with Gasteiger partial charge >= 0.3 is 0 Å². The summed E-state index contributed by atoms with van der Waals surface area (Å²) in [6.07, 6.45) is 1.97.